The molecule has 15 heavy (non-hydrogen) atoms. The number of aryl methyl sites for hydroxylation is 1. The van der Waals surface area contributed by atoms with E-state index in [1.165, 1.54) is 0 Å². The quantitative estimate of drug-likeness (QED) is 0.702. The first-order valence-electron chi connectivity index (χ1n) is 5.24. The summed E-state index contributed by atoms with van der Waals surface area (Å²) in [6.45, 7) is 4.74. The van der Waals surface area contributed by atoms with Crippen LogP contribution in [0.4, 0.5) is 0 Å². The summed E-state index contributed by atoms with van der Waals surface area (Å²) in [6, 6.07) is 0. The van der Waals surface area contributed by atoms with Crippen LogP contribution in [0.25, 0.3) is 0 Å². The van der Waals surface area contributed by atoms with Gasteiger partial charge < -0.3 is 9.88 Å². The molecule has 1 atom stereocenters. The van der Waals surface area contributed by atoms with E-state index >= 15 is 0 Å². The molecule has 0 saturated carbocycles. The molecular weight excluding hydrogens is 210 g/mol. The summed E-state index contributed by atoms with van der Waals surface area (Å²) in [5.41, 5.74) is 0. The van der Waals surface area contributed by atoms with Crippen molar-refractivity contribution in [1.29, 1.82) is 0 Å². The molecule has 1 unspecified atom stereocenters. The van der Waals surface area contributed by atoms with Crippen LogP contribution in [0.5, 0.6) is 0 Å². The van der Waals surface area contributed by atoms with Gasteiger partial charge in [-0.2, -0.15) is 0 Å². The van der Waals surface area contributed by atoms with Gasteiger partial charge in [0, 0.05) is 41.7 Å². The van der Waals surface area contributed by atoms with Crippen molar-refractivity contribution in [2.45, 2.75) is 26.4 Å². The molecule has 0 amide bonds. The molecule has 1 aromatic heterocycles. The number of rotatable bonds is 7. The Morgan fingerprint density at radius 1 is 1.60 bits per heavy atom. The third-order valence-electron chi connectivity index (χ3n) is 2.21. The SMILES string of the molecule is CCn1ccnc1CNCCCS(C)=O. The molecule has 86 valence electrons. The summed E-state index contributed by atoms with van der Waals surface area (Å²) in [5, 5.41) is 3.30. The Bertz CT molecular complexity index is 311. The molecule has 0 spiro atoms. The zero-order chi connectivity index (χ0) is 11.1. The van der Waals surface area contributed by atoms with E-state index in [2.05, 4.69) is 21.8 Å². The van der Waals surface area contributed by atoms with Gasteiger partial charge in [0.2, 0.25) is 0 Å². The third-order valence-corrected chi connectivity index (χ3v) is 3.07. The predicted molar refractivity (Wildman–Crippen MR) is 63.2 cm³/mol. The molecule has 0 radical (unpaired) electrons. The van der Waals surface area contributed by atoms with E-state index < -0.39 is 10.8 Å². The van der Waals surface area contributed by atoms with Crippen molar-refractivity contribution in [3.8, 4) is 0 Å². The van der Waals surface area contributed by atoms with Crippen molar-refractivity contribution < 1.29 is 4.21 Å². The Balaban J connectivity index is 2.17. The highest BCUT2D eigenvalue weighted by molar-refractivity contribution is 7.84. The molecular formula is C10H19N3OS. The van der Waals surface area contributed by atoms with Gasteiger partial charge in [-0.3, -0.25) is 4.21 Å². The Morgan fingerprint density at radius 3 is 3.07 bits per heavy atom. The highest BCUT2D eigenvalue weighted by atomic mass is 32.2. The van der Waals surface area contributed by atoms with E-state index in [9.17, 15) is 4.21 Å². The van der Waals surface area contributed by atoms with Crippen LogP contribution < -0.4 is 5.32 Å². The lowest BCUT2D eigenvalue weighted by atomic mass is 10.4. The maximum atomic E-state index is 10.8. The minimum absolute atomic E-state index is 0.673. The van der Waals surface area contributed by atoms with Gasteiger partial charge in [0.05, 0.1) is 6.54 Å². The molecule has 0 aliphatic heterocycles. The first-order valence-corrected chi connectivity index (χ1v) is 6.97. The lowest BCUT2D eigenvalue weighted by molar-refractivity contribution is 0.607. The van der Waals surface area contributed by atoms with Crippen molar-refractivity contribution in [3.05, 3.63) is 18.2 Å². The zero-order valence-electron chi connectivity index (χ0n) is 9.40. The highest BCUT2D eigenvalue weighted by Crippen LogP contribution is 1.96. The van der Waals surface area contributed by atoms with Crippen molar-refractivity contribution in [1.82, 2.24) is 14.9 Å². The van der Waals surface area contributed by atoms with Gasteiger partial charge in [-0.05, 0) is 19.9 Å². The summed E-state index contributed by atoms with van der Waals surface area (Å²) in [7, 11) is -0.673. The van der Waals surface area contributed by atoms with Gasteiger partial charge in [0.25, 0.3) is 0 Å². The van der Waals surface area contributed by atoms with E-state index in [-0.39, 0.29) is 0 Å². The smallest absolute Gasteiger partial charge is 0.122 e. The summed E-state index contributed by atoms with van der Waals surface area (Å²) >= 11 is 0. The molecule has 4 nitrogen and oxygen atoms in total. The zero-order valence-corrected chi connectivity index (χ0v) is 10.2. The predicted octanol–water partition coefficient (Wildman–Crippen LogP) is 0.761. The van der Waals surface area contributed by atoms with Crippen LogP contribution in [-0.4, -0.2) is 32.3 Å². The minimum atomic E-state index is -0.673. The Labute approximate surface area is 93.5 Å². The third kappa shape index (κ3) is 4.57. The largest absolute Gasteiger partial charge is 0.334 e. The molecule has 1 N–H and O–H groups in total. The van der Waals surface area contributed by atoms with Crippen LogP contribution in [0.2, 0.25) is 0 Å². The molecule has 1 rings (SSSR count). The second-order valence-electron chi connectivity index (χ2n) is 3.44. The molecule has 0 saturated heterocycles. The molecule has 0 aliphatic rings. The summed E-state index contributed by atoms with van der Waals surface area (Å²) in [4.78, 5) is 4.26. The van der Waals surface area contributed by atoms with Crippen LogP contribution >= 0.6 is 0 Å². The maximum Gasteiger partial charge on any atom is 0.122 e. The molecule has 0 bridgehead atoms. The number of aromatic nitrogens is 2. The maximum absolute atomic E-state index is 10.8. The van der Waals surface area contributed by atoms with Gasteiger partial charge in [-0.25, -0.2) is 4.98 Å². The van der Waals surface area contributed by atoms with Crippen LogP contribution in [0.1, 0.15) is 19.2 Å². The average Bonchev–Trinajstić information content (AvgIpc) is 2.64. The van der Waals surface area contributed by atoms with E-state index in [1.54, 1.807) is 6.26 Å². The Morgan fingerprint density at radius 2 is 2.40 bits per heavy atom. The van der Waals surface area contributed by atoms with E-state index in [4.69, 9.17) is 0 Å². The second kappa shape index (κ2) is 6.74. The van der Waals surface area contributed by atoms with Gasteiger partial charge in [0.15, 0.2) is 0 Å². The topological polar surface area (TPSA) is 46.9 Å². The van der Waals surface area contributed by atoms with Crippen LogP contribution in [-0.2, 0) is 23.9 Å². The van der Waals surface area contributed by atoms with Crippen LogP contribution in [0.3, 0.4) is 0 Å². The number of imidazole rings is 1. The summed E-state index contributed by atoms with van der Waals surface area (Å²) < 4.78 is 12.9. The van der Waals surface area contributed by atoms with Gasteiger partial charge in [-0.1, -0.05) is 0 Å². The number of hydrogen-bond acceptors (Lipinski definition) is 3. The fourth-order valence-electron chi connectivity index (χ4n) is 1.40. The first-order chi connectivity index (χ1) is 7.24. The number of nitrogens with zero attached hydrogens (tertiary/aromatic N) is 2. The normalized spacial score (nSPS) is 12.9. The van der Waals surface area contributed by atoms with Crippen molar-refractivity contribution >= 4 is 10.8 Å². The number of hydrogen-bond donors (Lipinski definition) is 1. The van der Waals surface area contributed by atoms with Gasteiger partial charge in [-0.15, -0.1) is 0 Å². The fraction of sp³-hybridized carbons (Fsp3) is 0.700. The monoisotopic (exact) mass is 229 g/mol. The molecule has 5 heteroatoms. The lowest BCUT2D eigenvalue weighted by Gasteiger charge is -2.05. The molecule has 1 heterocycles. The summed E-state index contributed by atoms with van der Waals surface area (Å²) in [6.07, 6.45) is 6.50. The molecule has 0 fully saturated rings. The fourth-order valence-corrected chi connectivity index (χ4v) is 1.95. The first kappa shape index (κ1) is 12.4. The standard InChI is InChI=1S/C10H19N3OS/c1-3-13-7-6-12-10(13)9-11-5-4-8-15(2)14/h6-7,11H,3-5,8-9H2,1-2H3. The van der Waals surface area contributed by atoms with Crippen molar-refractivity contribution in [2.24, 2.45) is 0 Å². The average molecular weight is 229 g/mol. The lowest BCUT2D eigenvalue weighted by Crippen LogP contribution is -2.19. The van der Waals surface area contributed by atoms with Crippen molar-refractivity contribution in [3.63, 3.8) is 0 Å². The van der Waals surface area contributed by atoms with E-state index in [0.29, 0.717) is 0 Å². The molecule has 0 aromatic carbocycles. The summed E-state index contributed by atoms with van der Waals surface area (Å²) in [5.74, 6) is 1.84. The Kier molecular flexibility index (Phi) is 5.57. The van der Waals surface area contributed by atoms with Crippen LogP contribution in [0.15, 0.2) is 12.4 Å². The number of nitrogens with one attached hydrogen (secondary N) is 1. The van der Waals surface area contributed by atoms with E-state index in [0.717, 1.165) is 37.6 Å². The van der Waals surface area contributed by atoms with Crippen molar-refractivity contribution in [2.75, 3.05) is 18.6 Å². The van der Waals surface area contributed by atoms with E-state index in [1.807, 2.05) is 12.4 Å². The highest BCUT2D eigenvalue weighted by Gasteiger charge is 1.99. The minimum Gasteiger partial charge on any atom is -0.334 e. The van der Waals surface area contributed by atoms with Crippen LogP contribution in [0, 0.1) is 0 Å². The second-order valence-corrected chi connectivity index (χ2v) is 4.99. The Hall–Kier alpha value is -0.680. The van der Waals surface area contributed by atoms with Gasteiger partial charge >= 0.3 is 0 Å². The van der Waals surface area contributed by atoms with Gasteiger partial charge in [0.1, 0.15) is 5.82 Å². The molecule has 0 aliphatic carbocycles. The molecule has 1 aromatic rings.